The highest BCUT2D eigenvalue weighted by Gasteiger charge is 2.52. The number of hydrogen-bond donors (Lipinski definition) is 0. The van der Waals surface area contributed by atoms with Gasteiger partial charge in [0, 0.05) is 18.0 Å². The number of aromatic nitrogens is 1. The van der Waals surface area contributed by atoms with Gasteiger partial charge < -0.3 is 13.8 Å². The Balaban J connectivity index is 1.81. The fourth-order valence-electron chi connectivity index (χ4n) is 3.83. The Morgan fingerprint density at radius 3 is 2.39 bits per heavy atom. The average Bonchev–Trinajstić information content (AvgIpc) is 3.03. The summed E-state index contributed by atoms with van der Waals surface area (Å²) in [5.74, 6) is -1.43. The van der Waals surface area contributed by atoms with Crippen molar-refractivity contribution in [1.82, 2.24) is 9.88 Å². The zero-order valence-corrected chi connectivity index (χ0v) is 18.5. The van der Waals surface area contributed by atoms with E-state index in [0.29, 0.717) is 5.56 Å². The van der Waals surface area contributed by atoms with Gasteiger partial charge in [0.25, 0.3) is 5.91 Å². The van der Waals surface area contributed by atoms with Gasteiger partial charge in [-0.2, -0.15) is 8.78 Å². The van der Waals surface area contributed by atoms with Gasteiger partial charge in [0.2, 0.25) is 0 Å². The van der Waals surface area contributed by atoms with Gasteiger partial charge in [-0.1, -0.05) is 30.3 Å². The summed E-state index contributed by atoms with van der Waals surface area (Å²) in [6.45, 7) is 3.90. The maximum Gasteiger partial charge on any atom is 0.315 e. The Morgan fingerprint density at radius 2 is 1.87 bits per heavy atom. The molecule has 0 bridgehead atoms. The van der Waals surface area contributed by atoms with Gasteiger partial charge >= 0.3 is 6.43 Å². The highest BCUT2D eigenvalue weighted by Crippen LogP contribution is 2.42. The fourth-order valence-corrected chi connectivity index (χ4v) is 4.22. The van der Waals surface area contributed by atoms with E-state index in [9.17, 15) is 18.0 Å². The summed E-state index contributed by atoms with van der Waals surface area (Å²) in [6, 6.07) is 9.86. The average molecular weight is 455 g/mol. The largest absolute Gasteiger partial charge is 0.346 e. The van der Waals surface area contributed by atoms with Crippen LogP contribution in [0.4, 0.5) is 13.2 Å². The van der Waals surface area contributed by atoms with Crippen molar-refractivity contribution < 1.29 is 26.9 Å². The van der Waals surface area contributed by atoms with E-state index >= 15 is 0 Å². The standard InChI is InChI=1S/C22H25F3N2O3S/c1-13(30-31-4)17-10-9-16(12-26-17)14-5-7-15(8-6-14)19-18(11-23)27(21(28)20(24)25)22(2,3)29-19/h5-10,12-13,18-20H,11H2,1-4H3/t13?,18-,19?/m1/s1. The second-order valence-electron chi connectivity index (χ2n) is 7.71. The summed E-state index contributed by atoms with van der Waals surface area (Å²) in [4.78, 5) is 17.2. The first-order valence-corrected chi connectivity index (χ1v) is 11.0. The molecule has 2 heterocycles. The minimum absolute atomic E-state index is 0.133. The molecule has 5 nitrogen and oxygen atoms in total. The van der Waals surface area contributed by atoms with Crippen LogP contribution in [0.5, 0.6) is 0 Å². The highest BCUT2D eigenvalue weighted by atomic mass is 32.2. The number of carbonyl (C=O) groups excluding carboxylic acids is 1. The first-order chi connectivity index (χ1) is 14.7. The zero-order chi connectivity index (χ0) is 22.8. The molecule has 0 saturated carbocycles. The number of amides is 1. The highest BCUT2D eigenvalue weighted by molar-refractivity contribution is 7.93. The van der Waals surface area contributed by atoms with Gasteiger partial charge in [-0.15, -0.1) is 0 Å². The monoisotopic (exact) mass is 454 g/mol. The molecule has 0 spiro atoms. The maximum atomic E-state index is 13.8. The van der Waals surface area contributed by atoms with E-state index in [1.807, 2.05) is 37.4 Å². The lowest BCUT2D eigenvalue weighted by Gasteiger charge is -2.32. The van der Waals surface area contributed by atoms with Crippen molar-refractivity contribution in [3.8, 4) is 11.1 Å². The molecular weight excluding hydrogens is 429 g/mol. The third-order valence-electron chi connectivity index (χ3n) is 5.27. The molecule has 0 aliphatic carbocycles. The first-order valence-electron chi connectivity index (χ1n) is 9.80. The van der Waals surface area contributed by atoms with Crippen molar-refractivity contribution in [2.24, 2.45) is 0 Å². The molecule has 1 aliphatic heterocycles. The van der Waals surface area contributed by atoms with Gasteiger partial charge in [0.15, 0.2) is 0 Å². The number of carbonyl (C=O) groups is 1. The summed E-state index contributed by atoms with van der Waals surface area (Å²) in [5, 5.41) is 0. The van der Waals surface area contributed by atoms with Crippen molar-refractivity contribution in [3.63, 3.8) is 0 Å². The number of rotatable bonds is 7. The van der Waals surface area contributed by atoms with E-state index in [-0.39, 0.29) is 6.10 Å². The van der Waals surface area contributed by atoms with Crippen molar-refractivity contribution >= 4 is 17.9 Å². The van der Waals surface area contributed by atoms with Gasteiger partial charge in [0.1, 0.15) is 24.6 Å². The lowest BCUT2D eigenvalue weighted by Crippen LogP contribution is -2.51. The molecular formula is C22H25F3N2O3S. The van der Waals surface area contributed by atoms with Crippen LogP contribution in [0.3, 0.4) is 0 Å². The quantitative estimate of drug-likeness (QED) is 0.529. The molecule has 1 aromatic carbocycles. The van der Waals surface area contributed by atoms with Crippen molar-refractivity contribution in [3.05, 3.63) is 53.9 Å². The van der Waals surface area contributed by atoms with Crippen LogP contribution in [-0.2, 0) is 13.7 Å². The second kappa shape index (κ2) is 9.58. The lowest BCUT2D eigenvalue weighted by atomic mass is 9.99. The van der Waals surface area contributed by atoms with Crippen LogP contribution in [0.15, 0.2) is 42.6 Å². The van der Waals surface area contributed by atoms with Gasteiger partial charge in [-0.3, -0.25) is 9.78 Å². The van der Waals surface area contributed by atoms with Gasteiger partial charge in [-0.25, -0.2) is 4.39 Å². The van der Waals surface area contributed by atoms with Crippen LogP contribution < -0.4 is 0 Å². The summed E-state index contributed by atoms with van der Waals surface area (Å²) in [6.07, 6.45) is -0.615. The number of nitrogens with zero attached hydrogens (tertiary/aromatic N) is 2. The zero-order valence-electron chi connectivity index (χ0n) is 17.7. The van der Waals surface area contributed by atoms with Gasteiger partial charge in [0.05, 0.1) is 11.7 Å². The lowest BCUT2D eigenvalue weighted by molar-refractivity contribution is -0.159. The summed E-state index contributed by atoms with van der Waals surface area (Å²) in [7, 11) is 0. The van der Waals surface area contributed by atoms with Crippen LogP contribution in [-0.4, -0.2) is 46.9 Å². The molecule has 31 heavy (non-hydrogen) atoms. The molecule has 1 amide bonds. The molecule has 1 aliphatic rings. The summed E-state index contributed by atoms with van der Waals surface area (Å²) < 4.78 is 51.2. The molecule has 3 atom stereocenters. The van der Waals surface area contributed by atoms with E-state index < -0.39 is 36.9 Å². The van der Waals surface area contributed by atoms with Gasteiger partial charge in [-0.05, 0) is 50.0 Å². The Hall–Kier alpha value is -2.10. The Kier molecular flexibility index (Phi) is 7.28. The minimum atomic E-state index is -3.22. The fraction of sp³-hybridized carbons (Fsp3) is 0.455. The minimum Gasteiger partial charge on any atom is -0.346 e. The smallest absolute Gasteiger partial charge is 0.315 e. The SMILES string of the molecule is CSOC(C)c1ccc(-c2ccc(C3OC(C)(C)N(C(=O)C(F)F)[C@@H]3CF)cc2)cn1. The second-order valence-corrected chi connectivity index (χ2v) is 8.24. The molecule has 1 saturated heterocycles. The molecule has 0 N–H and O–H groups in total. The van der Waals surface area contributed by atoms with Crippen LogP contribution in [0.25, 0.3) is 11.1 Å². The Bertz CT molecular complexity index is 894. The molecule has 9 heteroatoms. The normalized spacial score (nSPS) is 21.5. The predicted octanol–water partition coefficient (Wildman–Crippen LogP) is 5.34. The van der Waals surface area contributed by atoms with E-state index in [1.165, 1.54) is 25.9 Å². The number of alkyl halides is 3. The molecule has 0 radical (unpaired) electrons. The molecule has 3 rings (SSSR count). The number of halogens is 3. The molecule has 2 unspecified atom stereocenters. The molecule has 1 fully saturated rings. The molecule has 1 aromatic heterocycles. The van der Waals surface area contributed by atoms with Crippen molar-refractivity contribution in [2.45, 2.75) is 51.2 Å². The number of benzene rings is 1. The summed E-state index contributed by atoms with van der Waals surface area (Å²) in [5.41, 5.74) is 1.84. The Morgan fingerprint density at radius 1 is 1.23 bits per heavy atom. The number of ether oxygens (including phenoxy) is 1. The third-order valence-corrected chi connectivity index (χ3v) is 5.76. The summed E-state index contributed by atoms with van der Waals surface area (Å²) >= 11 is 1.28. The first kappa shape index (κ1) is 23.6. The third kappa shape index (κ3) is 4.88. The van der Waals surface area contributed by atoms with Crippen molar-refractivity contribution in [2.75, 3.05) is 12.9 Å². The van der Waals surface area contributed by atoms with E-state index in [0.717, 1.165) is 21.7 Å². The van der Waals surface area contributed by atoms with Crippen LogP contribution in [0.2, 0.25) is 0 Å². The number of hydrogen-bond acceptors (Lipinski definition) is 5. The molecule has 168 valence electrons. The topological polar surface area (TPSA) is 51.7 Å². The van der Waals surface area contributed by atoms with Crippen LogP contribution in [0.1, 0.15) is 44.2 Å². The van der Waals surface area contributed by atoms with Crippen molar-refractivity contribution in [1.29, 1.82) is 0 Å². The Labute approximate surface area is 184 Å². The number of pyridine rings is 1. The predicted molar refractivity (Wildman–Crippen MR) is 113 cm³/mol. The van der Waals surface area contributed by atoms with Crippen LogP contribution in [0, 0.1) is 0 Å². The van der Waals surface area contributed by atoms with E-state index in [2.05, 4.69) is 4.98 Å². The van der Waals surface area contributed by atoms with E-state index in [4.69, 9.17) is 8.92 Å². The molecule has 2 aromatic rings. The maximum absolute atomic E-state index is 13.8. The van der Waals surface area contributed by atoms with Crippen LogP contribution >= 0.6 is 12.0 Å². The van der Waals surface area contributed by atoms with E-state index in [1.54, 1.807) is 18.3 Å².